The summed E-state index contributed by atoms with van der Waals surface area (Å²) in [7, 11) is 1.42. The molecule has 0 heterocycles. The maximum atomic E-state index is 12.3. The number of carboxylic acid groups (broad SMARTS) is 1. The summed E-state index contributed by atoms with van der Waals surface area (Å²) in [5.41, 5.74) is 1.71. The Morgan fingerprint density at radius 2 is 1.93 bits per heavy atom. The van der Waals surface area contributed by atoms with Crippen LogP contribution in [0.25, 0.3) is 6.08 Å². The summed E-state index contributed by atoms with van der Waals surface area (Å²) in [6.45, 7) is -0.0432. The second-order valence-electron chi connectivity index (χ2n) is 6.11. The predicted molar refractivity (Wildman–Crippen MR) is 107 cm³/mol. The number of carbonyl (C=O) groups excluding carboxylic acids is 1. The van der Waals surface area contributed by atoms with Crippen LogP contribution >= 0.6 is 0 Å². The summed E-state index contributed by atoms with van der Waals surface area (Å²) in [6.07, 6.45) is 3.04. The van der Waals surface area contributed by atoms with Gasteiger partial charge in [-0.3, -0.25) is 4.79 Å². The van der Waals surface area contributed by atoms with E-state index in [9.17, 15) is 14.9 Å². The smallest absolute Gasteiger partial charge is 0.341 e. The molecular weight excluding hydrogens is 372 g/mol. The Morgan fingerprint density at radius 3 is 2.59 bits per heavy atom. The number of amides is 1. The van der Waals surface area contributed by atoms with Crippen LogP contribution in [-0.2, 0) is 16.0 Å². The van der Waals surface area contributed by atoms with Crippen LogP contribution in [0, 0.1) is 11.3 Å². The average Bonchev–Trinajstić information content (AvgIpc) is 2.74. The zero-order valence-corrected chi connectivity index (χ0v) is 16.1. The van der Waals surface area contributed by atoms with E-state index in [1.807, 2.05) is 36.4 Å². The molecule has 0 unspecified atom stereocenters. The van der Waals surface area contributed by atoms with Crippen LogP contribution in [0.4, 0.5) is 0 Å². The number of nitriles is 1. The van der Waals surface area contributed by atoms with Crippen molar-refractivity contribution in [2.45, 2.75) is 12.8 Å². The fourth-order valence-corrected chi connectivity index (χ4v) is 2.58. The van der Waals surface area contributed by atoms with Crippen molar-refractivity contribution in [3.63, 3.8) is 0 Å². The molecule has 1 amide bonds. The number of carbonyl (C=O) groups is 2. The fraction of sp³-hybridized carbons (Fsp3) is 0.227. The molecule has 0 fully saturated rings. The van der Waals surface area contributed by atoms with Gasteiger partial charge >= 0.3 is 5.97 Å². The molecule has 0 atom stereocenters. The molecule has 2 N–H and O–H groups in total. The highest BCUT2D eigenvalue weighted by molar-refractivity contribution is 6.01. The number of aliphatic carboxylic acids is 1. The number of hydrogen-bond donors (Lipinski definition) is 2. The monoisotopic (exact) mass is 394 g/mol. The van der Waals surface area contributed by atoms with Crippen molar-refractivity contribution in [3.05, 3.63) is 65.2 Å². The van der Waals surface area contributed by atoms with Gasteiger partial charge < -0.3 is 19.9 Å². The Labute approximate surface area is 169 Å². The van der Waals surface area contributed by atoms with E-state index < -0.39 is 18.5 Å². The third-order valence-corrected chi connectivity index (χ3v) is 3.99. The summed E-state index contributed by atoms with van der Waals surface area (Å²) in [6, 6.07) is 16.6. The summed E-state index contributed by atoms with van der Waals surface area (Å²) < 4.78 is 10.3. The van der Waals surface area contributed by atoms with E-state index in [0.717, 1.165) is 12.8 Å². The van der Waals surface area contributed by atoms with Gasteiger partial charge in [-0.2, -0.15) is 5.26 Å². The average molecular weight is 394 g/mol. The standard InChI is InChI=1S/C22H22N2O5/c1-28-20-13-17(9-10-19(20)29-15-21(25)26)12-18(14-23)22(27)24-11-5-8-16-6-3-2-4-7-16/h2-4,6-7,9-10,12-13H,5,8,11,15H2,1H3,(H,24,27)(H,25,26)/b18-12+. The highest BCUT2D eigenvalue weighted by Gasteiger charge is 2.11. The van der Waals surface area contributed by atoms with Crippen LogP contribution in [0.2, 0.25) is 0 Å². The maximum Gasteiger partial charge on any atom is 0.341 e. The number of nitrogens with one attached hydrogen (secondary N) is 1. The van der Waals surface area contributed by atoms with Gasteiger partial charge in [0, 0.05) is 6.54 Å². The maximum absolute atomic E-state index is 12.3. The Kier molecular flexibility index (Phi) is 8.27. The molecule has 7 nitrogen and oxygen atoms in total. The molecule has 7 heteroatoms. The molecule has 29 heavy (non-hydrogen) atoms. The van der Waals surface area contributed by atoms with Crippen molar-refractivity contribution in [2.24, 2.45) is 0 Å². The first-order valence-electron chi connectivity index (χ1n) is 9.00. The van der Waals surface area contributed by atoms with Gasteiger partial charge in [0.25, 0.3) is 5.91 Å². The number of aryl methyl sites for hydroxylation is 1. The van der Waals surface area contributed by atoms with E-state index >= 15 is 0 Å². The Bertz CT molecular complexity index is 917. The lowest BCUT2D eigenvalue weighted by Crippen LogP contribution is -2.25. The van der Waals surface area contributed by atoms with E-state index in [1.54, 1.807) is 12.1 Å². The summed E-state index contributed by atoms with van der Waals surface area (Å²) in [5.74, 6) is -0.992. The molecule has 0 radical (unpaired) electrons. The lowest BCUT2D eigenvalue weighted by atomic mass is 10.1. The van der Waals surface area contributed by atoms with Gasteiger partial charge in [0.15, 0.2) is 18.1 Å². The van der Waals surface area contributed by atoms with E-state index in [-0.39, 0.29) is 11.3 Å². The quantitative estimate of drug-likeness (QED) is 0.364. The fourth-order valence-electron chi connectivity index (χ4n) is 2.58. The third kappa shape index (κ3) is 7.03. The molecule has 0 aromatic heterocycles. The zero-order chi connectivity index (χ0) is 21.1. The molecule has 0 aliphatic carbocycles. The molecule has 2 aromatic rings. The van der Waals surface area contributed by atoms with Crippen LogP contribution < -0.4 is 14.8 Å². The number of benzene rings is 2. The zero-order valence-electron chi connectivity index (χ0n) is 16.1. The van der Waals surface area contributed by atoms with Gasteiger partial charge in [0.1, 0.15) is 11.6 Å². The van der Waals surface area contributed by atoms with Crippen molar-refractivity contribution < 1.29 is 24.2 Å². The number of nitrogens with zero attached hydrogens (tertiary/aromatic N) is 1. The van der Waals surface area contributed by atoms with Crippen LogP contribution in [0.1, 0.15) is 17.5 Å². The molecule has 2 rings (SSSR count). The van der Waals surface area contributed by atoms with E-state index in [4.69, 9.17) is 14.6 Å². The number of rotatable bonds is 10. The van der Waals surface area contributed by atoms with Crippen molar-refractivity contribution in [3.8, 4) is 17.6 Å². The number of ether oxygens (including phenoxy) is 2. The molecule has 0 saturated carbocycles. The van der Waals surface area contributed by atoms with E-state index in [2.05, 4.69) is 5.32 Å². The SMILES string of the molecule is COc1cc(/C=C(\C#N)C(=O)NCCCc2ccccc2)ccc1OCC(=O)O. The Hall–Kier alpha value is -3.79. The lowest BCUT2D eigenvalue weighted by molar-refractivity contribution is -0.139. The Balaban J connectivity index is 1.97. The minimum absolute atomic E-state index is 0.0361. The minimum Gasteiger partial charge on any atom is -0.493 e. The van der Waals surface area contributed by atoms with Gasteiger partial charge in [0.05, 0.1) is 7.11 Å². The van der Waals surface area contributed by atoms with Gasteiger partial charge in [-0.05, 0) is 42.2 Å². The van der Waals surface area contributed by atoms with Crippen molar-refractivity contribution in [1.82, 2.24) is 5.32 Å². The minimum atomic E-state index is -1.10. The number of hydrogen-bond acceptors (Lipinski definition) is 5. The molecule has 0 saturated heterocycles. The van der Waals surface area contributed by atoms with Crippen molar-refractivity contribution >= 4 is 18.0 Å². The second kappa shape index (κ2) is 11.1. The van der Waals surface area contributed by atoms with Gasteiger partial charge in [0.2, 0.25) is 0 Å². The van der Waals surface area contributed by atoms with Gasteiger partial charge in [-0.1, -0.05) is 36.4 Å². The first kappa shape index (κ1) is 21.5. The third-order valence-electron chi connectivity index (χ3n) is 3.99. The lowest BCUT2D eigenvalue weighted by Gasteiger charge is -2.10. The normalized spacial score (nSPS) is 10.7. The Morgan fingerprint density at radius 1 is 1.17 bits per heavy atom. The molecule has 2 aromatic carbocycles. The topological polar surface area (TPSA) is 109 Å². The van der Waals surface area contributed by atoms with Gasteiger partial charge in [-0.15, -0.1) is 0 Å². The number of methoxy groups -OCH3 is 1. The van der Waals surface area contributed by atoms with E-state index in [0.29, 0.717) is 17.9 Å². The van der Waals surface area contributed by atoms with Gasteiger partial charge in [-0.25, -0.2) is 4.79 Å². The molecule has 0 spiro atoms. The number of carboxylic acids is 1. The first-order valence-corrected chi connectivity index (χ1v) is 9.00. The molecular formula is C22H22N2O5. The predicted octanol–water partition coefficient (Wildman–Crippen LogP) is 2.81. The summed E-state index contributed by atoms with van der Waals surface area (Å²) >= 11 is 0. The first-order chi connectivity index (χ1) is 14.0. The van der Waals surface area contributed by atoms with Crippen LogP contribution in [-0.4, -0.2) is 37.2 Å². The molecule has 0 aliphatic rings. The van der Waals surface area contributed by atoms with Crippen molar-refractivity contribution in [1.29, 1.82) is 5.26 Å². The second-order valence-corrected chi connectivity index (χ2v) is 6.11. The summed E-state index contributed by atoms with van der Waals surface area (Å²) in [5, 5.41) is 20.8. The molecule has 150 valence electrons. The van der Waals surface area contributed by atoms with Crippen LogP contribution in [0.15, 0.2) is 54.1 Å². The van der Waals surface area contributed by atoms with E-state index in [1.165, 1.54) is 24.8 Å². The largest absolute Gasteiger partial charge is 0.493 e. The molecule has 0 aliphatic heterocycles. The highest BCUT2D eigenvalue weighted by Crippen LogP contribution is 2.28. The van der Waals surface area contributed by atoms with Crippen LogP contribution in [0.5, 0.6) is 11.5 Å². The van der Waals surface area contributed by atoms with Crippen molar-refractivity contribution in [2.75, 3.05) is 20.3 Å². The van der Waals surface area contributed by atoms with Crippen LogP contribution in [0.3, 0.4) is 0 Å². The summed E-state index contributed by atoms with van der Waals surface area (Å²) in [4.78, 5) is 22.9. The highest BCUT2D eigenvalue weighted by atomic mass is 16.5. The molecule has 0 bridgehead atoms.